The third-order valence-corrected chi connectivity index (χ3v) is 3.72. The number of nitrogens with one attached hydrogen (secondary N) is 1. The molecule has 1 aliphatic heterocycles. The van der Waals surface area contributed by atoms with Crippen molar-refractivity contribution in [3.8, 4) is 0 Å². The lowest BCUT2D eigenvalue weighted by molar-refractivity contribution is 0.237. The van der Waals surface area contributed by atoms with Crippen LogP contribution >= 0.6 is 0 Å². The van der Waals surface area contributed by atoms with Gasteiger partial charge < -0.3 is 0 Å². The number of aryl methyl sites for hydroxylation is 2. The molecule has 2 aromatic heterocycles. The van der Waals surface area contributed by atoms with Crippen LogP contribution in [0.15, 0.2) is 12.3 Å². The minimum absolute atomic E-state index is 0.306. The van der Waals surface area contributed by atoms with Crippen molar-refractivity contribution in [2.45, 2.75) is 45.7 Å². The second kappa shape index (κ2) is 5.66. The SMILES string of the molecule is CCc1nccc(CN2CCCC2c2n[nH]c(C)n2)n1. The lowest BCUT2D eigenvalue weighted by Gasteiger charge is -2.21. The fourth-order valence-electron chi connectivity index (χ4n) is 2.72. The molecular formula is C14H20N6. The molecule has 0 aliphatic carbocycles. The number of aromatic amines is 1. The molecule has 1 N–H and O–H groups in total. The molecule has 1 fully saturated rings. The number of rotatable bonds is 4. The van der Waals surface area contributed by atoms with Crippen LogP contribution in [0.5, 0.6) is 0 Å². The highest BCUT2D eigenvalue weighted by atomic mass is 15.3. The third-order valence-electron chi connectivity index (χ3n) is 3.72. The zero-order chi connectivity index (χ0) is 13.9. The summed E-state index contributed by atoms with van der Waals surface area (Å²) in [6.07, 6.45) is 5.02. The fourth-order valence-corrected chi connectivity index (χ4v) is 2.72. The molecular weight excluding hydrogens is 252 g/mol. The van der Waals surface area contributed by atoms with E-state index in [1.165, 1.54) is 6.42 Å². The van der Waals surface area contributed by atoms with Crippen LogP contribution in [-0.4, -0.2) is 36.6 Å². The highest BCUT2D eigenvalue weighted by Crippen LogP contribution is 2.30. The molecule has 6 nitrogen and oxygen atoms in total. The summed E-state index contributed by atoms with van der Waals surface area (Å²) in [6, 6.07) is 2.30. The number of aromatic nitrogens is 5. The Morgan fingerprint density at radius 1 is 1.40 bits per heavy atom. The quantitative estimate of drug-likeness (QED) is 0.919. The number of likely N-dealkylation sites (tertiary alicyclic amines) is 1. The molecule has 0 radical (unpaired) electrons. The molecule has 0 amide bonds. The van der Waals surface area contributed by atoms with Crippen LogP contribution in [0.3, 0.4) is 0 Å². The van der Waals surface area contributed by atoms with Gasteiger partial charge in [-0.1, -0.05) is 6.92 Å². The number of hydrogen-bond donors (Lipinski definition) is 1. The van der Waals surface area contributed by atoms with E-state index in [2.05, 4.69) is 37.0 Å². The Balaban J connectivity index is 1.75. The maximum Gasteiger partial charge on any atom is 0.167 e. The second-order valence-electron chi connectivity index (χ2n) is 5.23. The summed E-state index contributed by atoms with van der Waals surface area (Å²) in [4.78, 5) is 15.7. The van der Waals surface area contributed by atoms with Crippen molar-refractivity contribution in [1.82, 2.24) is 30.0 Å². The van der Waals surface area contributed by atoms with Gasteiger partial charge in [0.2, 0.25) is 0 Å². The van der Waals surface area contributed by atoms with Gasteiger partial charge >= 0.3 is 0 Å². The zero-order valence-corrected chi connectivity index (χ0v) is 12.0. The highest BCUT2D eigenvalue weighted by Gasteiger charge is 2.29. The number of hydrogen-bond acceptors (Lipinski definition) is 5. The van der Waals surface area contributed by atoms with E-state index >= 15 is 0 Å². The fraction of sp³-hybridized carbons (Fsp3) is 0.571. The first-order valence-electron chi connectivity index (χ1n) is 7.20. The second-order valence-corrected chi connectivity index (χ2v) is 5.23. The van der Waals surface area contributed by atoms with Crippen molar-refractivity contribution in [1.29, 1.82) is 0 Å². The molecule has 106 valence electrons. The maximum absolute atomic E-state index is 4.59. The molecule has 3 heterocycles. The Labute approximate surface area is 118 Å². The minimum Gasteiger partial charge on any atom is -0.287 e. The van der Waals surface area contributed by atoms with Crippen LogP contribution in [0.4, 0.5) is 0 Å². The molecule has 1 aliphatic rings. The van der Waals surface area contributed by atoms with E-state index in [4.69, 9.17) is 0 Å². The largest absolute Gasteiger partial charge is 0.287 e. The Bertz CT molecular complexity index is 579. The first-order valence-corrected chi connectivity index (χ1v) is 7.20. The normalized spacial score (nSPS) is 19.6. The predicted molar refractivity (Wildman–Crippen MR) is 74.9 cm³/mol. The summed E-state index contributed by atoms with van der Waals surface area (Å²) < 4.78 is 0. The van der Waals surface area contributed by atoms with Gasteiger partial charge in [0.25, 0.3) is 0 Å². The molecule has 0 saturated carbocycles. The average Bonchev–Trinajstić information content (AvgIpc) is 3.08. The maximum atomic E-state index is 4.59. The average molecular weight is 272 g/mol. The molecule has 2 aromatic rings. The van der Waals surface area contributed by atoms with Crippen molar-refractivity contribution in [2.24, 2.45) is 0 Å². The van der Waals surface area contributed by atoms with Crippen LogP contribution in [0.1, 0.15) is 49.0 Å². The predicted octanol–water partition coefficient (Wildman–Crippen LogP) is 1.80. The van der Waals surface area contributed by atoms with Gasteiger partial charge in [0.1, 0.15) is 11.6 Å². The van der Waals surface area contributed by atoms with Crippen LogP contribution in [-0.2, 0) is 13.0 Å². The lowest BCUT2D eigenvalue weighted by Crippen LogP contribution is -2.24. The highest BCUT2D eigenvalue weighted by molar-refractivity contribution is 5.05. The van der Waals surface area contributed by atoms with Crippen LogP contribution in [0.2, 0.25) is 0 Å². The molecule has 1 unspecified atom stereocenters. The molecule has 20 heavy (non-hydrogen) atoms. The molecule has 1 saturated heterocycles. The van der Waals surface area contributed by atoms with E-state index in [1.807, 2.05) is 19.2 Å². The van der Waals surface area contributed by atoms with Gasteiger partial charge in [-0.2, -0.15) is 5.10 Å². The van der Waals surface area contributed by atoms with E-state index < -0.39 is 0 Å². The van der Waals surface area contributed by atoms with E-state index in [-0.39, 0.29) is 0 Å². The summed E-state index contributed by atoms with van der Waals surface area (Å²) in [5.74, 6) is 2.69. The summed E-state index contributed by atoms with van der Waals surface area (Å²) in [5.41, 5.74) is 1.08. The van der Waals surface area contributed by atoms with Gasteiger partial charge in [-0.3, -0.25) is 10.00 Å². The zero-order valence-electron chi connectivity index (χ0n) is 12.0. The van der Waals surface area contributed by atoms with Crippen molar-refractivity contribution >= 4 is 0 Å². The van der Waals surface area contributed by atoms with E-state index in [9.17, 15) is 0 Å². The van der Waals surface area contributed by atoms with Crippen molar-refractivity contribution < 1.29 is 0 Å². The lowest BCUT2D eigenvalue weighted by atomic mass is 10.2. The van der Waals surface area contributed by atoms with Gasteiger partial charge in [0.05, 0.1) is 11.7 Å². The standard InChI is InChI=1S/C14H20N6/c1-3-13-15-7-6-11(17-13)9-20-8-4-5-12(20)14-16-10(2)18-19-14/h6-7,12H,3-5,8-9H2,1-2H3,(H,16,18,19). The van der Waals surface area contributed by atoms with Crippen molar-refractivity contribution in [3.63, 3.8) is 0 Å². The topological polar surface area (TPSA) is 70.6 Å². The molecule has 0 aromatic carbocycles. The third kappa shape index (κ3) is 2.70. The first kappa shape index (κ1) is 13.2. The smallest absolute Gasteiger partial charge is 0.167 e. The number of H-pyrrole nitrogens is 1. The monoisotopic (exact) mass is 272 g/mol. The Kier molecular flexibility index (Phi) is 3.73. The summed E-state index contributed by atoms with van der Waals surface area (Å²) >= 11 is 0. The Morgan fingerprint density at radius 3 is 3.05 bits per heavy atom. The molecule has 3 rings (SSSR count). The van der Waals surface area contributed by atoms with Gasteiger partial charge in [-0.05, 0) is 32.4 Å². The van der Waals surface area contributed by atoms with Crippen LogP contribution < -0.4 is 0 Å². The van der Waals surface area contributed by atoms with Gasteiger partial charge in [-0.25, -0.2) is 15.0 Å². The summed E-state index contributed by atoms with van der Waals surface area (Å²) in [6.45, 7) is 5.93. The molecule has 0 spiro atoms. The minimum atomic E-state index is 0.306. The number of nitrogens with zero attached hydrogens (tertiary/aromatic N) is 5. The van der Waals surface area contributed by atoms with Gasteiger partial charge in [0, 0.05) is 19.2 Å². The van der Waals surface area contributed by atoms with Crippen LogP contribution in [0, 0.1) is 6.92 Å². The summed E-state index contributed by atoms with van der Waals surface area (Å²) in [5, 5.41) is 7.25. The molecule has 6 heteroatoms. The van der Waals surface area contributed by atoms with Crippen molar-refractivity contribution in [2.75, 3.05) is 6.54 Å². The molecule has 1 atom stereocenters. The van der Waals surface area contributed by atoms with E-state index in [1.54, 1.807) is 0 Å². The van der Waals surface area contributed by atoms with E-state index in [0.717, 1.165) is 49.1 Å². The van der Waals surface area contributed by atoms with Crippen LogP contribution in [0.25, 0.3) is 0 Å². The Morgan fingerprint density at radius 2 is 2.30 bits per heavy atom. The molecule has 0 bridgehead atoms. The van der Waals surface area contributed by atoms with Crippen molar-refractivity contribution in [3.05, 3.63) is 35.4 Å². The summed E-state index contributed by atoms with van der Waals surface area (Å²) in [7, 11) is 0. The van der Waals surface area contributed by atoms with Gasteiger partial charge in [-0.15, -0.1) is 0 Å². The Hall–Kier alpha value is -1.82. The van der Waals surface area contributed by atoms with E-state index in [0.29, 0.717) is 6.04 Å². The first-order chi connectivity index (χ1) is 9.76. The van der Waals surface area contributed by atoms with Gasteiger partial charge in [0.15, 0.2) is 5.82 Å².